The van der Waals surface area contributed by atoms with Crippen molar-refractivity contribution in [3.8, 4) is 0 Å². The van der Waals surface area contributed by atoms with Gasteiger partial charge < -0.3 is 10.4 Å². The zero-order valence-corrected chi connectivity index (χ0v) is 13.4. The molecule has 0 bridgehead atoms. The first-order valence-electron chi connectivity index (χ1n) is 7.02. The van der Waals surface area contributed by atoms with Crippen molar-refractivity contribution in [2.75, 3.05) is 6.61 Å². The maximum absolute atomic E-state index is 9.63. The van der Waals surface area contributed by atoms with E-state index in [0.29, 0.717) is 11.1 Å². The van der Waals surface area contributed by atoms with E-state index < -0.39 is 0 Å². The smallest absolute Gasteiger partial charge is 0.0626 e. The molecule has 1 atom stereocenters. The summed E-state index contributed by atoms with van der Waals surface area (Å²) in [6.45, 7) is 0.116. The van der Waals surface area contributed by atoms with Crippen LogP contribution in [-0.2, 0) is 0 Å². The SMILES string of the molecule is OCC(NC1CCCCCC1)c1ccc(Cl)c(Br)c1. The molecule has 106 valence electrons. The molecule has 0 aromatic heterocycles. The third-order valence-corrected chi connectivity index (χ3v) is 5.03. The summed E-state index contributed by atoms with van der Waals surface area (Å²) < 4.78 is 0.882. The number of halogens is 2. The van der Waals surface area contributed by atoms with Gasteiger partial charge in [-0.2, -0.15) is 0 Å². The zero-order chi connectivity index (χ0) is 13.7. The summed E-state index contributed by atoms with van der Waals surface area (Å²) in [6.07, 6.45) is 7.69. The molecule has 1 fully saturated rings. The molecule has 1 aromatic carbocycles. The van der Waals surface area contributed by atoms with Crippen molar-refractivity contribution in [2.45, 2.75) is 50.6 Å². The molecule has 0 radical (unpaired) electrons. The summed E-state index contributed by atoms with van der Waals surface area (Å²) in [7, 11) is 0. The van der Waals surface area contributed by atoms with Crippen molar-refractivity contribution in [3.05, 3.63) is 33.3 Å². The lowest BCUT2D eigenvalue weighted by Crippen LogP contribution is -2.34. The molecule has 2 nitrogen and oxygen atoms in total. The lowest BCUT2D eigenvalue weighted by Gasteiger charge is -2.24. The normalized spacial score (nSPS) is 19.1. The number of benzene rings is 1. The molecular formula is C15H21BrClNO. The molecule has 1 saturated carbocycles. The minimum Gasteiger partial charge on any atom is -0.394 e. The van der Waals surface area contributed by atoms with Crippen LogP contribution in [0.1, 0.15) is 50.1 Å². The Morgan fingerprint density at radius 3 is 2.53 bits per heavy atom. The average Bonchev–Trinajstić information content (AvgIpc) is 2.68. The fraction of sp³-hybridized carbons (Fsp3) is 0.600. The lowest BCUT2D eigenvalue weighted by atomic mass is 10.0. The van der Waals surface area contributed by atoms with Gasteiger partial charge in [0.25, 0.3) is 0 Å². The van der Waals surface area contributed by atoms with Gasteiger partial charge in [0.05, 0.1) is 17.7 Å². The van der Waals surface area contributed by atoms with Crippen LogP contribution in [-0.4, -0.2) is 17.8 Å². The molecule has 2 rings (SSSR count). The standard InChI is InChI=1S/C15H21BrClNO/c16-13-9-11(7-8-14(13)17)15(10-19)18-12-5-3-1-2-4-6-12/h7-9,12,15,18-19H,1-6,10H2. The molecule has 4 heteroatoms. The third kappa shape index (κ3) is 4.45. The van der Waals surface area contributed by atoms with Crippen molar-refractivity contribution in [3.63, 3.8) is 0 Å². The van der Waals surface area contributed by atoms with Gasteiger partial charge in [0.2, 0.25) is 0 Å². The zero-order valence-electron chi connectivity index (χ0n) is 11.0. The van der Waals surface area contributed by atoms with Crippen LogP contribution >= 0.6 is 27.5 Å². The molecule has 0 saturated heterocycles. The molecule has 0 amide bonds. The fourth-order valence-electron chi connectivity index (χ4n) is 2.71. The van der Waals surface area contributed by atoms with Gasteiger partial charge in [0.1, 0.15) is 0 Å². The Labute approximate surface area is 128 Å². The Hall–Kier alpha value is -0.0900. The first kappa shape index (κ1) is 15.3. The summed E-state index contributed by atoms with van der Waals surface area (Å²) >= 11 is 9.45. The van der Waals surface area contributed by atoms with E-state index in [2.05, 4.69) is 21.2 Å². The Balaban J connectivity index is 2.03. The van der Waals surface area contributed by atoms with Crippen LogP contribution in [0.25, 0.3) is 0 Å². The van der Waals surface area contributed by atoms with Gasteiger partial charge in [0.15, 0.2) is 0 Å². The molecule has 0 spiro atoms. The summed E-state index contributed by atoms with van der Waals surface area (Å²) in [5, 5.41) is 13.9. The van der Waals surface area contributed by atoms with Gasteiger partial charge in [-0.1, -0.05) is 43.4 Å². The number of hydrogen-bond acceptors (Lipinski definition) is 2. The van der Waals surface area contributed by atoms with E-state index >= 15 is 0 Å². The lowest BCUT2D eigenvalue weighted by molar-refractivity contribution is 0.228. The van der Waals surface area contributed by atoms with E-state index in [0.717, 1.165) is 10.0 Å². The van der Waals surface area contributed by atoms with Gasteiger partial charge in [-0.3, -0.25) is 0 Å². The predicted molar refractivity (Wildman–Crippen MR) is 83.6 cm³/mol. The highest BCUT2D eigenvalue weighted by molar-refractivity contribution is 9.10. The van der Waals surface area contributed by atoms with Gasteiger partial charge in [-0.05, 0) is 46.5 Å². The van der Waals surface area contributed by atoms with Crippen LogP contribution in [0.3, 0.4) is 0 Å². The first-order chi connectivity index (χ1) is 9.20. The monoisotopic (exact) mass is 345 g/mol. The Bertz CT molecular complexity index is 405. The summed E-state index contributed by atoms with van der Waals surface area (Å²) in [5.41, 5.74) is 1.09. The molecule has 0 aliphatic heterocycles. The highest BCUT2D eigenvalue weighted by Crippen LogP contribution is 2.27. The maximum atomic E-state index is 9.63. The topological polar surface area (TPSA) is 32.3 Å². The second-order valence-corrected chi connectivity index (χ2v) is 6.53. The van der Waals surface area contributed by atoms with E-state index in [1.54, 1.807) is 0 Å². The molecule has 1 aliphatic carbocycles. The molecular weight excluding hydrogens is 326 g/mol. The largest absolute Gasteiger partial charge is 0.394 e. The van der Waals surface area contributed by atoms with Crippen LogP contribution in [0.15, 0.2) is 22.7 Å². The van der Waals surface area contributed by atoms with E-state index in [4.69, 9.17) is 11.6 Å². The van der Waals surface area contributed by atoms with Crippen LogP contribution in [0.5, 0.6) is 0 Å². The molecule has 0 heterocycles. The highest BCUT2D eigenvalue weighted by atomic mass is 79.9. The number of hydrogen-bond donors (Lipinski definition) is 2. The second kappa shape index (κ2) is 7.63. The van der Waals surface area contributed by atoms with Crippen molar-refractivity contribution < 1.29 is 5.11 Å². The molecule has 2 N–H and O–H groups in total. The van der Waals surface area contributed by atoms with E-state index in [9.17, 15) is 5.11 Å². The Morgan fingerprint density at radius 2 is 1.95 bits per heavy atom. The minimum atomic E-state index is -0.00309. The van der Waals surface area contributed by atoms with E-state index in [1.165, 1.54) is 38.5 Å². The van der Waals surface area contributed by atoms with Crippen molar-refractivity contribution >= 4 is 27.5 Å². The Morgan fingerprint density at radius 1 is 1.26 bits per heavy atom. The molecule has 1 unspecified atom stereocenters. The predicted octanol–water partition coefficient (Wildman–Crippen LogP) is 4.45. The molecule has 1 aromatic rings. The number of aliphatic hydroxyl groups is 1. The molecule has 1 aliphatic rings. The van der Waals surface area contributed by atoms with Crippen LogP contribution in [0, 0.1) is 0 Å². The summed E-state index contributed by atoms with van der Waals surface area (Å²) in [6, 6.07) is 6.37. The van der Waals surface area contributed by atoms with Crippen LogP contribution in [0.2, 0.25) is 5.02 Å². The van der Waals surface area contributed by atoms with E-state index in [-0.39, 0.29) is 12.6 Å². The fourth-order valence-corrected chi connectivity index (χ4v) is 3.23. The maximum Gasteiger partial charge on any atom is 0.0626 e. The summed E-state index contributed by atoms with van der Waals surface area (Å²) in [5.74, 6) is 0. The number of aliphatic hydroxyl groups excluding tert-OH is 1. The van der Waals surface area contributed by atoms with Crippen molar-refractivity contribution in [1.82, 2.24) is 5.32 Å². The second-order valence-electron chi connectivity index (χ2n) is 5.26. The van der Waals surface area contributed by atoms with Crippen LogP contribution < -0.4 is 5.32 Å². The highest BCUT2D eigenvalue weighted by Gasteiger charge is 2.18. The molecule has 19 heavy (non-hydrogen) atoms. The quantitative estimate of drug-likeness (QED) is 0.790. The Kier molecular flexibility index (Phi) is 6.14. The number of nitrogens with one attached hydrogen (secondary N) is 1. The minimum absolute atomic E-state index is 0.00309. The average molecular weight is 347 g/mol. The van der Waals surface area contributed by atoms with Gasteiger partial charge in [0, 0.05) is 10.5 Å². The van der Waals surface area contributed by atoms with Gasteiger partial charge >= 0.3 is 0 Å². The van der Waals surface area contributed by atoms with Crippen molar-refractivity contribution in [1.29, 1.82) is 0 Å². The first-order valence-corrected chi connectivity index (χ1v) is 8.19. The summed E-state index contributed by atoms with van der Waals surface area (Å²) in [4.78, 5) is 0. The van der Waals surface area contributed by atoms with Crippen LogP contribution in [0.4, 0.5) is 0 Å². The van der Waals surface area contributed by atoms with Gasteiger partial charge in [-0.15, -0.1) is 0 Å². The third-order valence-electron chi connectivity index (χ3n) is 3.82. The van der Waals surface area contributed by atoms with Crippen molar-refractivity contribution in [2.24, 2.45) is 0 Å². The number of rotatable bonds is 4. The van der Waals surface area contributed by atoms with Gasteiger partial charge in [-0.25, -0.2) is 0 Å². The van der Waals surface area contributed by atoms with E-state index in [1.807, 2.05) is 18.2 Å².